The molecule has 0 radical (unpaired) electrons. The number of benzene rings is 1. The van der Waals surface area contributed by atoms with Crippen LogP contribution in [0.3, 0.4) is 0 Å². The minimum atomic E-state index is -0.823. The van der Waals surface area contributed by atoms with Gasteiger partial charge in [-0.05, 0) is 67.5 Å². The summed E-state index contributed by atoms with van der Waals surface area (Å²) in [6.07, 6.45) is 6.65. The number of aliphatic carboxylic acids is 1. The molecular formula is C21H21NO4. The van der Waals surface area contributed by atoms with Crippen molar-refractivity contribution in [1.82, 2.24) is 0 Å². The summed E-state index contributed by atoms with van der Waals surface area (Å²) in [4.78, 5) is 23.4. The lowest BCUT2D eigenvalue weighted by Gasteiger charge is -2.09. The second-order valence-corrected chi connectivity index (χ2v) is 6.98. The Bertz CT molecular complexity index is 912. The van der Waals surface area contributed by atoms with Crippen LogP contribution in [0.1, 0.15) is 53.0 Å². The summed E-state index contributed by atoms with van der Waals surface area (Å²) in [5, 5.41) is 11.8. The monoisotopic (exact) mass is 351 g/mol. The predicted molar refractivity (Wildman–Crippen MR) is 99.0 cm³/mol. The Hall–Kier alpha value is -2.82. The van der Waals surface area contributed by atoms with Crippen molar-refractivity contribution in [3.63, 3.8) is 0 Å². The Labute approximate surface area is 151 Å². The topological polar surface area (TPSA) is 79.5 Å². The maximum Gasteiger partial charge on any atom is 0.303 e. The molecule has 1 aromatic heterocycles. The first-order valence-corrected chi connectivity index (χ1v) is 9.02. The number of fused-ring (bicyclic) bond motifs is 2. The Kier molecular flexibility index (Phi) is 4.15. The summed E-state index contributed by atoms with van der Waals surface area (Å²) >= 11 is 0. The van der Waals surface area contributed by atoms with Gasteiger partial charge in [0.2, 0.25) is 0 Å². The molecule has 0 atom stereocenters. The highest BCUT2D eigenvalue weighted by molar-refractivity contribution is 6.35. The standard InChI is InChI=1S/C21H21NO4/c1-12-13(7-9-19(23)24)6-8-17-20(12)16(21(25)22-17)11-15-10-14-4-2-3-5-18(14)26-15/h6,8,10-11H,2-5,7,9H2,1H3,(H,22,25)(H,23,24). The molecule has 134 valence electrons. The van der Waals surface area contributed by atoms with Crippen LogP contribution in [0.15, 0.2) is 22.6 Å². The number of anilines is 1. The van der Waals surface area contributed by atoms with Gasteiger partial charge in [-0.15, -0.1) is 0 Å². The first kappa shape index (κ1) is 16.6. The van der Waals surface area contributed by atoms with E-state index in [0.717, 1.165) is 47.4 Å². The van der Waals surface area contributed by atoms with Crippen molar-refractivity contribution in [3.8, 4) is 0 Å². The van der Waals surface area contributed by atoms with E-state index in [1.165, 1.54) is 12.0 Å². The highest BCUT2D eigenvalue weighted by atomic mass is 16.4. The highest BCUT2D eigenvalue weighted by Crippen LogP contribution is 2.38. The van der Waals surface area contributed by atoms with Gasteiger partial charge in [-0.1, -0.05) is 6.07 Å². The van der Waals surface area contributed by atoms with Gasteiger partial charge in [-0.2, -0.15) is 0 Å². The molecule has 2 aromatic rings. The van der Waals surface area contributed by atoms with E-state index in [1.54, 1.807) is 0 Å². The number of amides is 1. The molecule has 0 spiro atoms. The normalized spacial score (nSPS) is 17.1. The molecular weight excluding hydrogens is 330 g/mol. The van der Waals surface area contributed by atoms with Gasteiger partial charge in [-0.25, -0.2) is 0 Å². The summed E-state index contributed by atoms with van der Waals surface area (Å²) in [5.74, 6) is 0.780. The second kappa shape index (κ2) is 6.48. The van der Waals surface area contributed by atoms with Crippen LogP contribution in [0.4, 0.5) is 5.69 Å². The van der Waals surface area contributed by atoms with Crippen LogP contribution in [-0.2, 0) is 28.9 Å². The average Bonchev–Trinajstić information content (AvgIpc) is 3.15. The Balaban J connectivity index is 1.72. The molecule has 26 heavy (non-hydrogen) atoms. The quantitative estimate of drug-likeness (QED) is 0.817. The molecule has 4 rings (SSSR count). The van der Waals surface area contributed by atoms with E-state index in [-0.39, 0.29) is 12.3 Å². The van der Waals surface area contributed by atoms with Crippen molar-refractivity contribution < 1.29 is 19.1 Å². The van der Waals surface area contributed by atoms with Gasteiger partial charge in [-0.3, -0.25) is 9.59 Å². The molecule has 0 bridgehead atoms. The summed E-state index contributed by atoms with van der Waals surface area (Å²) in [6, 6.07) is 5.79. The molecule has 1 aliphatic carbocycles. The van der Waals surface area contributed by atoms with E-state index in [1.807, 2.05) is 31.2 Å². The van der Waals surface area contributed by atoms with E-state index >= 15 is 0 Å². The van der Waals surface area contributed by atoms with Crippen LogP contribution in [0.25, 0.3) is 11.6 Å². The fourth-order valence-electron chi connectivity index (χ4n) is 3.89. The molecule has 1 amide bonds. The Morgan fingerprint density at radius 2 is 2.12 bits per heavy atom. The average molecular weight is 351 g/mol. The van der Waals surface area contributed by atoms with Crippen molar-refractivity contribution in [1.29, 1.82) is 0 Å². The summed E-state index contributed by atoms with van der Waals surface area (Å²) < 4.78 is 5.95. The second-order valence-electron chi connectivity index (χ2n) is 6.98. The number of hydrogen-bond acceptors (Lipinski definition) is 3. The number of nitrogens with one attached hydrogen (secondary N) is 1. The number of hydrogen-bond donors (Lipinski definition) is 2. The van der Waals surface area contributed by atoms with Crippen molar-refractivity contribution in [3.05, 3.63) is 52.0 Å². The zero-order chi connectivity index (χ0) is 18.3. The Morgan fingerprint density at radius 3 is 2.88 bits per heavy atom. The maximum absolute atomic E-state index is 12.5. The van der Waals surface area contributed by atoms with Crippen molar-refractivity contribution in [2.45, 2.75) is 45.4 Å². The largest absolute Gasteiger partial charge is 0.481 e. The van der Waals surface area contributed by atoms with E-state index in [0.29, 0.717) is 17.8 Å². The molecule has 0 saturated heterocycles. The minimum absolute atomic E-state index is 0.0744. The third-order valence-electron chi connectivity index (χ3n) is 5.25. The summed E-state index contributed by atoms with van der Waals surface area (Å²) in [7, 11) is 0. The number of carbonyl (C=O) groups is 2. The lowest BCUT2D eigenvalue weighted by molar-refractivity contribution is -0.137. The lowest BCUT2D eigenvalue weighted by Crippen LogP contribution is -2.03. The Morgan fingerprint density at radius 1 is 1.31 bits per heavy atom. The molecule has 1 aromatic carbocycles. The van der Waals surface area contributed by atoms with Crippen molar-refractivity contribution in [2.24, 2.45) is 0 Å². The van der Waals surface area contributed by atoms with Crippen LogP contribution in [-0.4, -0.2) is 17.0 Å². The smallest absolute Gasteiger partial charge is 0.303 e. The van der Waals surface area contributed by atoms with Gasteiger partial charge in [0.1, 0.15) is 11.5 Å². The number of furan rings is 1. The van der Waals surface area contributed by atoms with Gasteiger partial charge in [0.05, 0.1) is 5.57 Å². The number of aryl methyl sites for hydroxylation is 3. The van der Waals surface area contributed by atoms with Crippen LogP contribution in [0.5, 0.6) is 0 Å². The third-order valence-corrected chi connectivity index (χ3v) is 5.25. The first-order valence-electron chi connectivity index (χ1n) is 9.02. The van der Waals surface area contributed by atoms with Crippen LogP contribution < -0.4 is 5.32 Å². The van der Waals surface area contributed by atoms with Gasteiger partial charge in [0.15, 0.2) is 0 Å². The zero-order valence-corrected chi connectivity index (χ0v) is 14.7. The van der Waals surface area contributed by atoms with E-state index in [4.69, 9.17) is 9.52 Å². The fraction of sp³-hybridized carbons (Fsp3) is 0.333. The molecule has 2 N–H and O–H groups in total. The molecule has 5 nitrogen and oxygen atoms in total. The van der Waals surface area contributed by atoms with Gasteiger partial charge in [0.25, 0.3) is 5.91 Å². The summed E-state index contributed by atoms with van der Waals surface area (Å²) in [5.41, 5.74) is 5.35. The SMILES string of the molecule is Cc1c(CCC(=O)O)ccc2c1C(=Cc1cc3c(o1)CCCC3)C(=O)N2. The van der Waals surface area contributed by atoms with Gasteiger partial charge < -0.3 is 14.8 Å². The lowest BCUT2D eigenvalue weighted by atomic mass is 9.94. The summed E-state index contributed by atoms with van der Waals surface area (Å²) in [6.45, 7) is 1.94. The number of carboxylic acids is 1. The van der Waals surface area contributed by atoms with E-state index in [2.05, 4.69) is 5.32 Å². The molecule has 2 heterocycles. The van der Waals surface area contributed by atoms with Crippen molar-refractivity contribution >= 4 is 29.2 Å². The minimum Gasteiger partial charge on any atom is -0.481 e. The van der Waals surface area contributed by atoms with Gasteiger partial charge in [0, 0.05) is 24.1 Å². The molecule has 2 aliphatic rings. The molecule has 0 fully saturated rings. The third kappa shape index (κ3) is 2.94. The fourth-order valence-corrected chi connectivity index (χ4v) is 3.89. The molecule has 0 unspecified atom stereocenters. The predicted octanol–water partition coefficient (Wildman–Crippen LogP) is 3.98. The van der Waals surface area contributed by atoms with Crippen LogP contribution in [0, 0.1) is 6.92 Å². The first-order chi connectivity index (χ1) is 12.5. The molecule has 5 heteroatoms. The molecule has 1 aliphatic heterocycles. The molecule has 0 saturated carbocycles. The number of rotatable bonds is 4. The number of carboxylic acid groups (broad SMARTS) is 1. The van der Waals surface area contributed by atoms with Crippen molar-refractivity contribution in [2.75, 3.05) is 5.32 Å². The number of carbonyl (C=O) groups excluding carboxylic acids is 1. The van der Waals surface area contributed by atoms with Crippen LogP contribution in [0.2, 0.25) is 0 Å². The highest BCUT2D eigenvalue weighted by Gasteiger charge is 2.28. The van der Waals surface area contributed by atoms with Gasteiger partial charge >= 0.3 is 5.97 Å². The maximum atomic E-state index is 12.5. The van der Waals surface area contributed by atoms with E-state index in [9.17, 15) is 9.59 Å². The zero-order valence-electron chi connectivity index (χ0n) is 14.7. The van der Waals surface area contributed by atoms with E-state index < -0.39 is 5.97 Å². The van der Waals surface area contributed by atoms with Crippen LogP contribution >= 0.6 is 0 Å².